The van der Waals surface area contributed by atoms with Crippen LogP contribution in [0.5, 0.6) is 11.5 Å². The Morgan fingerprint density at radius 1 is 0.984 bits per heavy atom. The van der Waals surface area contributed by atoms with Crippen LogP contribution in [-0.4, -0.2) is 104 Å². The third-order valence-corrected chi connectivity index (χ3v) is 9.11. The summed E-state index contributed by atoms with van der Waals surface area (Å²) in [5.41, 5.74) is 0.994. The third kappa shape index (κ3) is 21.7. The van der Waals surface area contributed by atoms with Gasteiger partial charge in [-0.2, -0.15) is 13.2 Å². The maximum Gasteiger partial charge on any atom is 0.416 e. The molecule has 0 saturated heterocycles. The normalized spacial score (nSPS) is 10.7. The van der Waals surface area contributed by atoms with E-state index >= 15 is 0 Å². The van der Waals surface area contributed by atoms with Crippen molar-refractivity contribution in [1.82, 2.24) is 10.2 Å². The fraction of sp³-hybridized carbons (Fsp3) is 0.333. The molecule has 2 amide bonds. The zero-order valence-electron chi connectivity index (χ0n) is 34.4. The highest BCUT2D eigenvalue weighted by molar-refractivity contribution is 7.51. The van der Waals surface area contributed by atoms with Crippen LogP contribution in [0.2, 0.25) is 5.02 Å². The van der Waals surface area contributed by atoms with E-state index in [-0.39, 0.29) is 40.9 Å². The number of hydrogen-bond acceptors (Lipinski definition) is 10. The van der Waals surface area contributed by atoms with Gasteiger partial charge in [-0.05, 0) is 48.2 Å². The van der Waals surface area contributed by atoms with Crippen molar-refractivity contribution in [3.05, 3.63) is 117 Å². The van der Waals surface area contributed by atoms with E-state index in [0.29, 0.717) is 19.2 Å². The standard InChI is InChI=1S/C14H7ClF3NO5.C14H20ClNO2.C8H11Cl2NO.C3H8NO5P/c15-10-5-7(14(16,17)18)1-4-12(10)24-8-2-3-11(19(22)23)9(6-8)13(20)21;1-4-11-7-6-8-12(5-2)14(11)16(10-18-3)13(17)9-15;1-3-5-11(6-4-2)8(12)7(9)10;5-3(6)1-4-2-10(7,8)9/h1-6H,(H,20,21);6-8H,4-5,9-10H2,1-3H3;3-4,7H,1-2,5-6H2;4H,1-2H2,(H,5,6)(H2,7,8,9). The van der Waals surface area contributed by atoms with Crippen molar-refractivity contribution in [2.45, 2.75) is 37.7 Å². The Balaban J connectivity index is 0.000000879. The molecule has 3 aromatic rings. The average molecular weight is 1010 g/mol. The molecule has 0 fully saturated rings. The first kappa shape index (κ1) is 59.2. The number of anilines is 1. The van der Waals surface area contributed by atoms with Crippen LogP contribution in [0.1, 0.15) is 40.9 Å². The summed E-state index contributed by atoms with van der Waals surface area (Å²) in [6.07, 6.45) is -0.210. The summed E-state index contributed by atoms with van der Waals surface area (Å²) in [7, 11) is -2.52. The molecule has 3 rings (SSSR count). The Morgan fingerprint density at radius 2 is 1.55 bits per heavy atom. The second kappa shape index (κ2) is 29.6. The van der Waals surface area contributed by atoms with Crippen LogP contribution >= 0.6 is 54.0 Å². The lowest BCUT2D eigenvalue weighted by Crippen LogP contribution is -2.35. The third-order valence-electron chi connectivity index (χ3n) is 7.58. The topological polar surface area (TPSA) is 246 Å². The lowest BCUT2D eigenvalue weighted by atomic mass is 10.0. The predicted octanol–water partition coefficient (Wildman–Crippen LogP) is 8.53. The number of nitrogens with zero attached hydrogens (tertiary/aromatic N) is 3. The van der Waals surface area contributed by atoms with E-state index < -0.39 is 65.1 Å². The number of para-hydroxylation sites is 1. The number of ether oxygens (including phenoxy) is 2. The molecule has 25 heteroatoms. The fourth-order valence-corrected chi connectivity index (χ4v) is 5.88. The molecule has 0 atom stereocenters. The molecular weight excluding hydrogens is 962 g/mol. The minimum atomic E-state index is -4.58. The number of carbonyl (C=O) groups is 4. The molecule has 0 heterocycles. The summed E-state index contributed by atoms with van der Waals surface area (Å²) in [5, 5.41) is 29.4. The number of aromatic carboxylic acids is 1. The van der Waals surface area contributed by atoms with Gasteiger partial charge in [0.1, 0.15) is 29.7 Å². The Kier molecular flexibility index (Phi) is 27.4. The van der Waals surface area contributed by atoms with Crippen molar-refractivity contribution in [3.8, 4) is 11.5 Å². The quantitative estimate of drug-likeness (QED) is 0.0189. The molecule has 0 aliphatic heterocycles. The minimum absolute atomic E-state index is 0.0371. The number of halogens is 7. The van der Waals surface area contributed by atoms with Gasteiger partial charge in [-0.3, -0.25) is 39.3 Å². The summed E-state index contributed by atoms with van der Waals surface area (Å²) < 4.78 is 58.1. The summed E-state index contributed by atoms with van der Waals surface area (Å²) in [5.74, 6) is -3.47. The first-order valence-electron chi connectivity index (χ1n) is 18.1. The van der Waals surface area contributed by atoms with Crippen LogP contribution < -0.4 is 15.0 Å². The maximum absolute atomic E-state index is 12.6. The van der Waals surface area contributed by atoms with Crippen molar-refractivity contribution in [2.24, 2.45) is 0 Å². The Hall–Kier alpha value is -4.76. The number of alkyl halides is 6. The van der Waals surface area contributed by atoms with E-state index in [2.05, 4.69) is 32.3 Å². The zero-order valence-corrected chi connectivity index (χ0v) is 38.3. The molecule has 0 radical (unpaired) electrons. The molecule has 5 N–H and O–H groups in total. The molecular formula is C39H46Cl4F3N4O13P. The first-order valence-corrected chi connectivity index (χ1v) is 21.7. The van der Waals surface area contributed by atoms with Crippen LogP contribution in [-0.2, 0) is 42.7 Å². The largest absolute Gasteiger partial charge is 0.480 e. The Labute approximate surface area is 386 Å². The average Bonchev–Trinajstić information content (AvgIpc) is 3.22. The van der Waals surface area contributed by atoms with Crippen LogP contribution in [0.3, 0.4) is 0 Å². The fourth-order valence-electron chi connectivity index (χ4n) is 4.83. The number of nitrogens with one attached hydrogen (secondary N) is 1. The molecule has 0 aliphatic carbocycles. The van der Waals surface area contributed by atoms with Crippen molar-refractivity contribution in [3.63, 3.8) is 0 Å². The number of nitro groups is 1. The highest BCUT2D eigenvalue weighted by Gasteiger charge is 2.31. The van der Waals surface area contributed by atoms with Gasteiger partial charge in [0.15, 0.2) is 4.84 Å². The van der Waals surface area contributed by atoms with Gasteiger partial charge < -0.3 is 34.4 Å². The van der Waals surface area contributed by atoms with Crippen molar-refractivity contribution in [2.75, 3.05) is 50.5 Å². The van der Waals surface area contributed by atoms with Crippen LogP contribution in [0.25, 0.3) is 0 Å². The van der Waals surface area contributed by atoms with Gasteiger partial charge in [-0.25, -0.2) is 4.79 Å². The number of carboxylic acids is 2. The lowest BCUT2D eigenvalue weighted by Gasteiger charge is -2.26. The first-order chi connectivity index (χ1) is 29.8. The van der Waals surface area contributed by atoms with Crippen LogP contribution in [0.15, 0.2) is 79.9 Å². The molecule has 64 heavy (non-hydrogen) atoms. The van der Waals surface area contributed by atoms with Crippen molar-refractivity contribution in [1.29, 1.82) is 0 Å². The summed E-state index contributed by atoms with van der Waals surface area (Å²) in [6.45, 7) is 11.8. The van der Waals surface area contributed by atoms with Gasteiger partial charge in [-0.1, -0.05) is 79.0 Å². The lowest BCUT2D eigenvalue weighted by molar-refractivity contribution is -0.385. The van der Waals surface area contributed by atoms with Crippen LogP contribution in [0.4, 0.5) is 24.5 Å². The molecule has 354 valence electrons. The molecule has 0 spiro atoms. The number of aliphatic carboxylic acids is 1. The molecule has 0 unspecified atom stereocenters. The van der Waals surface area contributed by atoms with E-state index in [1.807, 2.05) is 18.2 Å². The maximum atomic E-state index is 12.6. The molecule has 0 aromatic heterocycles. The van der Waals surface area contributed by atoms with Gasteiger partial charge in [0.2, 0.25) is 5.91 Å². The van der Waals surface area contributed by atoms with Gasteiger partial charge >= 0.3 is 25.7 Å². The van der Waals surface area contributed by atoms with Gasteiger partial charge in [-0.15, -0.1) is 24.8 Å². The monoisotopic (exact) mass is 1010 g/mol. The number of methoxy groups -OCH3 is 1. The molecule has 0 aliphatic rings. The van der Waals surface area contributed by atoms with Gasteiger partial charge in [0.25, 0.3) is 11.6 Å². The Morgan fingerprint density at radius 3 is 1.94 bits per heavy atom. The second-order valence-corrected chi connectivity index (χ2v) is 15.7. The number of hydrogen-bond donors (Lipinski definition) is 5. The number of aryl methyl sites for hydroxylation is 2. The smallest absolute Gasteiger partial charge is 0.416 e. The van der Waals surface area contributed by atoms with E-state index in [0.717, 1.165) is 60.0 Å². The molecule has 3 aromatic carbocycles. The zero-order chi connectivity index (χ0) is 49.4. The van der Waals surface area contributed by atoms with Gasteiger partial charge in [0, 0.05) is 32.3 Å². The van der Waals surface area contributed by atoms with Crippen LogP contribution in [0, 0.1) is 10.1 Å². The number of rotatable bonds is 19. The minimum Gasteiger partial charge on any atom is -0.480 e. The summed E-state index contributed by atoms with van der Waals surface area (Å²) in [6, 6.07) is 11.4. The molecule has 0 saturated carbocycles. The summed E-state index contributed by atoms with van der Waals surface area (Å²) >= 11 is 22.2. The van der Waals surface area contributed by atoms with E-state index in [1.165, 1.54) is 4.90 Å². The van der Waals surface area contributed by atoms with Gasteiger partial charge in [0.05, 0.1) is 34.0 Å². The Bertz CT molecular complexity index is 2080. The summed E-state index contributed by atoms with van der Waals surface area (Å²) in [4.78, 5) is 72.3. The molecule has 17 nitrogen and oxygen atoms in total. The van der Waals surface area contributed by atoms with E-state index in [9.17, 15) is 47.0 Å². The predicted molar refractivity (Wildman–Crippen MR) is 237 cm³/mol. The highest BCUT2D eigenvalue weighted by atomic mass is 35.5. The van der Waals surface area contributed by atoms with Crippen molar-refractivity contribution >= 4 is 89.1 Å². The van der Waals surface area contributed by atoms with E-state index in [4.69, 9.17) is 75.9 Å². The number of carbonyl (C=O) groups excluding carboxylic acids is 2. The SMILES string of the molecule is C=CCN(CC=C)C(=O)C(Cl)Cl.CCc1cccc(CC)c1N(COC)C(=O)CCl.O=C(O)CNCP(=O)(O)O.O=C(O)c1cc(Oc2ccc(C(F)(F)F)cc2Cl)ccc1[N+](=O)[O-]. The number of amides is 2. The molecule has 0 bridgehead atoms. The van der Waals surface area contributed by atoms with E-state index in [1.54, 1.807) is 24.2 Å². The second-order valence-electron chi connectivity index (χ2n) is 12.3. The highest BCUT2D eigenvalue weighted by Crippen LogP contribution is 2.37. The number of carboxylic acid groups (broad SMARTS) is 2. The number of benzene rings is 3. The van der Waals surface area contributed by atoms with Crippen molar-refractivity contribution < 1.29 is 71.3 Å². The number of nitro benzene ring substituents is 1.